The number of carbonyl (C=O) groups is 1. The van der Waals surface area contributed by atoms with Crippen molar-refractivity contribution in [1.82, 2.24) is 0 Å². The Bertz CT molecular complexity index is 364. The minimum absolute atomic E-state index is 0.0566. The van der Waals surface area contributed by atoms with Gasteiger partial charge in [-0.1, -0.05) is 12.1 Å². The van der Waals surface area contributed by atoms with Crippen LogP contribution in [0.5, 0.6) is 0 Å². The molecule has 1 aromatic rings. The van der Waals surface area contributed by atoms with Crippen LogP contribution in [-0.4, -0.2) is 22.3 Å². The van der Waals surface area contributed by atoms with Gasteiger partial charge in [-0.2, -0.15) is 5.26 Å². The lowest BCUT2D eigenvalue weighted by atomic mass is 10.1. The van der Waals surface area contributed by atoms with Gasteiger partial charge in [-0.3, -0.25) is 0 Å². The van der Waals surface area contributed by atoms with Crippen molar-refractivity contribution in [2.45, 2.75) is 12.5 Å². The van der Waals surface area contributed by atoms with Crippen molar-refractivity contribution in [2.75, 3.05) is 0 Å². The highest BCUT2D eigenvalue weighted by Crippen LogP contribution is 2.06. The van der Waals surface area contributed by atoms with E-state index in [-0.39, 0.29) is 6.42 Å². The van der Waals surface area contributed by atoms with Crippen LogP contribution in [0.15, 0.2) is 24.3 Å². The molecule has 1 rings (SSSR count). The molecule has 2 N–H and O–H groups in total. The Kier molecular flexibility index (Phi) is 3.21. The van der Waals surface area contributed by atoms with E-state index in [9.17, 15) is 4.79 Å². The second-order valence-electron chi connectivity index (χ2n) is 2.87. The molecule has 0 saturated heterocycles. The third kappa shape index (κ3) is 2.57. The fourth-order valence-corrected chi connectivity index (χ4v) is 1.03. The van der Waals surface area contributed by atoms with Crippen LogP contribution in [0, 0.1) is 11.3 Å². The Morgan fingerprint density at radius 3 is 2.43 bits per heavy atom. The standard InChI is InChI=1S/C10H9NO3/c11-6-8-3-1-7(2-4-8)5-9(12)10(13)14/h1-4,9,12H,5H2,(H,13,14). The van der Waals surface area contributed by atoms with Crippen molar-refractivity contribution in [3.63, 3.8) is 0 Å². The lowest BCUT2D eigenvalue weighted by molar-refractivity contribution is -0.146. The monoisotopic (exact) mass is 191 g/mol. The summed E-state index contributed by atoms with van der Waals surface area (Å²) < 4.78 is 0. The second kappa shape index (κ2) is 4.40. The van der Waals surface area contributed by atoms with Gasteiger partial charge < -0.3 is 10.2 Å². The second-order valence-corrected chi connectivity index (χ2v) is 2.87. The molecule has 0 aromatic heterocycles. The van der Waals surface area contributed by atoms with Gasteiger partial charge in [-0.15, -0.1) is 0 Å². The summed E-state index contributed by atoms with van der Waals surface area (Å²) in [6.45, 7) is 0. The van der Waals surface area contributed by atoms with Crippen LogP contribution in [0.25, 0.3) is 0 Å². The smallest absolute Gasteiger partial charge is 0.332 e. The average Bonchev–Trinajstić information content (AvgIpc) is 2.19. The van der Waals surface area contributed by atoms with Crippen LogP contribution in [-0.2, 0) is 11.2 Å². The molecular weight excluding hydrogens is 182 g/mol. The molecular formula is C10H9NO3. The maximum absolute atomic E-state index is 10.3. The molecule has 0 saturated carbocycles. The fraction of sp³-hybridized carbons (Fsp3) is 0.200. The van der Waals surface area contributed by atoms with Gasteiger partial charge >= 0.3 is 5.97 Å². The van der Waals surface area contributed by atoms with Gasteiger partial charge in [0.05, 0.1) is 11.6 Å². The van der Waals surface area contributed by atoms with Crippen LogP contribution < -0.4 is 0 Å². The number of carboxylic acid groups (broad SMARTS) is 1. The summed E-state index contributed by atoms with van der Waals surface area (Å²) in [4.78, 5) is 10.3. The van der Waals surface area contributed by atoms with Gasteiger partial charge in [0.1, 0.15) is 0 Å². The average molecular weight is 191 g/mol. The van der Waals surface area contributed by atoms with Crippen LogP contribution >= 0.6 is 0 Å². The van der Waals surface area contributed by atoms with Crippen LogP contribution in [0.3, 0.4) is 0 Å². The molecule has 0 spiro atoms. The van der Waals surface area contributed by atoms with Gasteiger partial charge in [-0.25, -0.2) is 4.79 Å². The number of benzene rings is 1. The summed E-state index contributed by atoms with van der Waals surface area (Å²) in [7, 11) is 0. The molecule has 0 fully saturated rings. The highest BCUT2D eigenvalue weighted by Gasteiger charge is 2.13. The highest BCUT2D eigenvalue weighted by molar-refractivity contribution is 5.72. The molecule has 1 aromatic carbocycles. The molecule has 0 aliphatic heterocycles. The van der Waals surface area contributed by atoms with Gasteiger partial charge in [0.25, 0.3) is 0 Å². The quantitative estimate of drug-likeness (QED) is 0.730. The van der Waals surface area contributed by atoms with Crippen molar-refractivity contribution in [3.05, 3.63) is 35.4 Å². The van der Waals surface area contributed by atoms with Crippen molar-refractivity contribution in [3.8, 4) is 6.07 Å². The Morgan fingerprint density at radius 1 is 1.43 bits per heavy atom. The molecule has 0 bridgehead atoms. The van der Waals surface area contributed by atoms with Crippen LogP contribution in [0.4, 0.5) is 0 Å². The third-order valence-electron chi connectivity index (χ3n) is 1.80. The predicted octanol–water partition coefficient (Wildman–Crippen LogP) is 0.546. The summed E-state index contributed by atoms with van der Waals surface area (Å²) in [6.07, 6.45) is -1.33. The number of hydrogen-bond donors (Lipinski definition) is 2. The largest absolute Gasteiger partial charge is 0.479 e. The zero-order valence-corrected chi connectivity index (χ0v) is 7.34. The zero-order chi connectivity index (χ0) is 10.6. The van der Waals surface area contributed by atoms with Gasteiger partial charge in [0, 0.05) is 6.42 Å². The first-order valence-corrected chi connectivity index (χ1v) is 4.03. The molecule has 0 radical (unpaired) electrons. The van der Waals surface area contributed by atoms with Crippen molar-refractivity contribution >= 4 is 5.97 Å². The summed E-state index contributed by atoms with van der Waals surface area (Å²) in [5, 5.41) is 26.0. The number of nitriles is 1. The predicted molar refractivity (Wildman–Crippen MR) is 48.5 cm³/mol. The van der Waals surface area contributed by atoms with Gasteiger partial charge in [-0.05, 0) is 17.7 Å². The van der Waals surface area contributed by atoms with Crippen LogP contribution in [0.2, 0.25) is 0 Å². The first kappa shape index (κ1) is 10.2. The Labute approximate surface area is 81.0 Å². The molecule has 1 atom stereocenters. The third-order valence-corrected chi connectivity index (χ3v) is 1.80. The molecule has 0 heterocycles. The van der Waals surface area contributed by atoms with E-state index in [1.807, 2.05) is 6.07 Å². The molecule has 0 amide bonds. The number of aliphatic carboxylic acids is 1. The lowest BCUT2D eigenvalue weighted by Gasteiger charge is -2.04. The summed E-state index contributed by atoms with van der Waals surface area (Å²) in [5.41, 5.74) is 1.21. The van der Waals surface area contributed by atoms with E-state index in [4.69, 9.17) is 15.5 Å². The topological polar surface area (TPSA) is 81.3 Å². The van der Waals surface area contributed by atoms with E-state index in [2.05, 4.69) is 0 Å². The molecule has 4 heteroatoms. The van der Waals surface area contributed by atoms with Crippen LogP contribution in [0.1, 0.15) is 11.1 Å². The Morgan fingerprint density at radius 2 is 2.00 bits per heavy atom. The van der Waals surface area contributed by atoms with Crippen molar-refractivity contribution < 1.29 is 15.0 Å². The molecule has 72 valence electrons. The van der Waals surface area contributed by atoms with Crippen molar-refractivity contribution in [2.24, 2.45) is 0 Å². The van der Waals surface area contributed by atoms with E-state index >= 15 is 0 Å². The summed E-state index contributed by atoms with van der Waals surface area (Å²) >= 11 is 0. The first-order chi connectivity index (χ1) is 6.63. The fourth-order valence-electron chi connectivity index (χ4n) is 1.03. The maximum Gasteiger partial charge on any atom is 0.332 e. The van der Waals surface area contributed by atoms with E-state index in [0.29, 0.717) is 11.1 Å². The molecule has 0 aliphatic carbocycles. The lowest BCUT2D eigenvalue weighted by Crippen LogP contribution is -2.21. The highest BCUT2D eigenvalue weighted by atomic mass is 16.4. The van der Waals surface area contributed by atoms with E-state index in [1.165, 1.54) is 0 Å². The number of aliphatic hydroxyl groups is 1. The Balaban J connectivity index is 2.70. The number of rotatable bonds is 3. The molecule has 14 heavy (non-hydrogen) atoms. The number of hydrogen-bond acceptors (Lipinski definition) is 3. The molecule has 0 aliphatic rings. The minimum atomic E-state index is -1.39. The van der Waals surface area contributed by atoms with E-state index in [1.54, 1.807) is 24.3 Å². The van der Waals surface area contributed by atoms with E-state index < -0.39 is 12.1 Å². The molecule has 4 nitrogen and oxygen atoms in total. The number of carboxylic acids is 1. The van der Waals surface area contributed by atoms with Gasteiger partial charge in [0.2, 0.25) is 0 Å². The summed E-state index contributed by atoms with van der Waals surface area (Å²) in [6, 6.07) is 8.39. The molecule has 1 unspecified atom stereocenters. The Hall–Kier alpha value is -1.86. The first-order valence-electron chi connectivity index (χ1n) is 4.03. The van der Waals surface area contributed by atoms with E-state index in [0.717, 1.165) is 0 Å². The number of nitrogens with zero attached hydrogens (tertiary/aromatic N) is 1. The summed E-state index contributed by atoms with van der Waals surface area (Å²) in [5.74, 6) is -1.24. The normalized spacial score (nSPS) is 11.7. The maximum atomic E-state index is 10.3. The van der Waals surface area contributed by atoms with Gasteiger partial charge in [0.15, 0.2) is 6.10 Å². The minimum Gasteiger partial charge on any atom is -0.479 e. The SMILES string of the molecule is N#Cc1ccc(CC(O)C(=O)O)cc1. The number of aliphatic hydroxyl groups excluding tert-OH is 1. The van der Waals surface area contributed by atoms with Crippen molar-refractivity contribution in [1.29, 1.82) is 5.26 Å². The zero-order valence-electron chi connectivity index (χ0n) is 7.34.